The molecule has 0 unspecified atom stereocenters. The largest absolute Gasteiger partial charge is 0.329 e. The quantitative estimate of drug-likeness (QED) is 0.468. The predicted octanol–water partition coefficient (Wildman–Crippen LogP) is 3.52. The number of halogens is 2. The summed E-state index contributed by atoms with van der Waals surface area (Å²) in [6.45, 7) is -0.0959. The molecule has 1 saturated heterocycles. The first-order valence-electron chi connectivity index (χ1n) is 6.88. The van der Waals surface area contributed by atoms with Crippen molar-refractivity contribution >= 4 is 40.6 Å². The molecule has 6 heteroatoms. The smallest absolute Gasteiger partial charge is 0.303 e. The Hall–Kier alpha value is -2.22. The number of nitrogens with one attached hydrogen (secondary N) is 1. The van der Waals surface area contributed by atoms with Crippen molar-refractivity contribution in [3.8, 4) is 0 Å². The van der Waals surface area contributed by atoms with E-state index in [9.17, 15) is 14.0 Å². The van der Waals surface area contributed by atoms with E-state index < -0.39 is 17.8 Å². The van der Waals surface area contributed by atoms with E-state index in [0.717, 1.165) is 14.0 Å². The zero-order valence-corrected chi connectivity index (χ0v) is 14.1. The Labute approximate surface area is 146 Å². The topological polar surface area (TPSA) is 49.4 Å². The molecule has 0 saturated carbocycles. The fraction of sp³-hybridized carbons (Fsp3) is 0.0588. The predicted molar refractivity (Wildman–Crippen MR) is 92.6 cm³/mol. The number of carbonyl (C=O) groups is 2. The van der Waals surface area contributed by atoms with Crippen molar-refractivity contribution in [2.45, 2.75) is 6.54 Å². The molecule has 0 bridgehead atoms. The molecular formula is C17H12FIN2O2. The lowest BCUT2D eigenvalue weighted by atomic mass is 10.2. The Balaban J connectivity index is 1.82. The summed E-state index contributed by atoms with van der Waals surface area (Å²) in [6, 6.07) is 13.1. The van der Waals surface area contributed by atoms with Crippen molar-refractivity contribution in [1.29, 1.82) is 0 Å². The minimum Gasteiger partial charge on any atom is -0.303 e. The summed E-state index contributed by atoms with van der Waals surface area (Å²) in [5.41, 5.74) is 1.29. The lowest BCUT2D eigenvalue weighted by Crippen LogP contribution is -2.30. The van der Waals surface area contributed by atoms with Gasteiger partial charge in [-0.25, -0.2) is 9.18 Å². The van der Waals surface area contributed by atoms with Crippen LogP contribution in [0.1, 0.15) is 11.1 Å². The second-order valence-corrected chi connectivity index (χ2v) is 6.27. The van der Waals surface area contributed by atoms with E-state index in [4.69, 9.17) is 0 Å². The molecule has 3 rings (SSSR count). The number of benzene rings is 2. The summed E-state index contributed by atoms with van der Waals surface area (Å²) < 4.78 is 14.8. The Morgan fingerprint density at radius 2 is 1.78 bits per heavy atom. The molecular weight excluding hydrogens is 410 g/mol. The Morgan fingerprint density at radius 3 is 2.48 bits per heavy atom. The van der Waals surface area contributed by atoms with Gasteiger partial charge in [-0.3, -0.25) is 9.69 Å². The summed E-state index contributed by atoms with van der Waals surface area (Å²) in [6.07, 6.45) is 1.61. The van der Waals surface area contributed by atoms with E-state index in [1.54, 1.807) is 24.3 Å². The minimum absolute atomic E-state index is 0.0959. The number of urea groups is 1. The van der Waals surface area contributed by atoms with Gasteiger partial charge in [0.2, 0.25) is 0 Å². The molecule has 1 aliphatic heterocycles. The van der Waals surface area contributed by atoms with Crippen LogP contribution in [0.4, 0.5) is 9.18 Å². The number of hydrogen-bond acceptors (Lipinski definition) is 2. The normalized spacial score (nSPS) is 16.1. The molecule has 23 heavy (non-hydrogen) atoms. The summed E-state index contributed by atoms with van der Waals surface area (Å²) in [5, 5.41) is 2.53. The fourth-order valence-corrected chi connectivity index (χ4v) is 2.60. The maximum absolute atomic E-state index is 13.7. The van der Waals surface area contributed by atoms with Crippen LogP contribution in [-0.2, 0) is 11.3 Å². The van der Waals surface area contributed by atoms with Crippen LogP contribution in [0.25, 0.3) is 6.08 Å². The monoisotopic (exact) mass is 422 g/mol. The lowest BCUT2D eigenvalue weighted by Gasteiger charge is -2.12. The highest BCUT2D eigenvalue weighted by Crippen LogP contribution is 2.18. The third kappa shape index (κ3) is 3.42. The third-order valence-corrected chi connectivity index (χ3v) is 4.15. The molecule has 1 aliphatic rings. The van der Waals surface area contributed by atoms with E-state index >= 15 is 0 Å². The lowest BCUT2D eigenvalue weighted by molar-refractivity contribution is -0.123. The van der Waals surface area contributed by atoms with Crippen LogP contribution in [0.15, 0.2) is 54.2 Å². The van der Waals surface area contributed by atoms with Gasteiger partial charge in [0, 0.05) is 9.13 Å². The number of nitrogens with zero attached hydrogens (tertiary/aromatic N) is 1. The molecule has 0 spiro atoms. The molecule has 3 amide bonds. The first-order chi connectivity index (χ1) is 11.0. The third-order valence-electron chi connectivity index (χ3n) is 3.43. The van der Waals surface area contributed by atoms with Gasteiger partial charge in [0.05, 0.1) is 6.54 Å². The summed E-state index contributed by atoms with van der Waals surface area (Å²) in [4.78, 5) is 25.3. The van der Waals surface area contributed by atoms with Crippen LogP contribution in [0, 0.1) is 9.39 Å². The second-order valence-electron chi connectivity index (χ2n) is 5.02. The molecule has 0 radical (unpaired) electrons. The Bertz CT molecular complexity index is 802. The highest BCUT2D eigenvalue weighted by molar-refractivity contribution is 14.1. The number of imide groups is 1. The van der Waals surface area contributed by atoms with Crippen LogP contribution < -0.4 is 5.32 Å². The zero-order valence-electron chi connectivity index (χ0n) is 11.9. The van der Waals surface area contributed by atoms with Crippen LogP contribution in [0.5, 0.6) is 0 Å². The molecule has 4 nitrogen and oxygen atoms in total. The molecule has 2 aromatic rings. The van der Waals surface area contributed by atoms with Gasteiger partial charge >= 0.3 is 6.03 Å². The van der Waals surface area contributed by atoms with Crippen LogP contribution >= 0.6 is 22.6 Å². The molecule has 116 valence electrons. The summed E-state index contributed by atoms with van der Waals surface area (Å²) >= 11 is 2.19. The second kappa shape index (κ2) is 6.49. The zero-order chi connectivity index (χ0) is 16.4. The van der Waals surface area contributed by atoms with E-state index in [-0.39, 0.29) is 12.2 Å². The van der Waals surface area contributed by atoms with Crippen LogP contribution in [-0.4, -0.2) is 16.8 Å². The molecule has 0 aromatic heterocycles. The maximum Gasteiger partial charge on any atom is 0.329 e. The van der Waals surface area contributed by atoms with E-state index in [1.165, 1.54) is 6.07 Å². The highest BCUT2D eigenvalue weighted by Gasteiger charge is 2.33. The van der Waals surface area contributed by atoms with Crippen molar-refractivity contribution in [3.05, 3.63) is 74.7 Å². The number of carbonyl (C=O) groups excluding carboxylic acids is 2. The number of amides is 3. The van der Waals surface area contributed by atoms with Crippen molar-refractivity contribution < 1.29 is 14.0 Å². The SMILES string of the molecule is O=C1N/C(=C/c2ccc(I)cc2)C(=O)N1Cc1ccccc1F. The van der Waals surface area contributed by atoms with Gasteiger partial charge in [-0.05, 0) is 52.4 Å². The van der Waals surface area contributed by atoms with Crippen molar-refractivity contribution in [1.82, 2.24) is 10.2 Å². The average molecular weight is 422 g/mol. The molecule has 1 fully saturated rings. The summed E-state index contributed by atoms with van der Waals surface area (Å²) in [5.74, 6) is -0.903. The molecule has 0 aliphatic carbocycles. The van der Waals surface area contributed by atoms with Gasteiger partial charge in [0.1, 0.15) is 11.5 Å². The van der Waals surface area contributed by atoms with Gasteiger partial charge in [-0.2, -0.15) is 0 Å². The first kappa shape index (κ1) is 15.7. The molecule has 2 aromatic carbocycles. The molecule has 1 N–H and O–H groups in total. The number of rotatable bonds is 3. The van der Waals surface area contributed by atoms with Crippen molar-refractivity contribution in [3.63, 3.8) is 0 Å². The molecule has 0 atom stereocenters. The Kier molecular flexibility index (Phi) is 4.42. The van der Waals surface area contributed by atoms with Crippen molar-refractivity contribution in [2.75, 3.05) is 0 Å². The fourth-order valence-electron chi connectivity index (χ4n) is 2.24. The first-order valence-corrected chi connectivity index (χ1v) is 7.96. The molecule has 1 heterocycles. The highest BCUT2D eigenvalue weighted by atomic mass is 127. The Morgan fingerprint density at radius 1 is 1.09 bits per heavy atom. The van der Waals surface area contributed by atoms with Gasteiger partial charge in [-0.1, -0.05) is 30.3 Å². The van der Waals surface area contributed by atoms with E-state index in [1.807, 2.05) is 24.3 Å². The summed E-state index contributed by atoms with van der Waals surface area (Å²) in [7, 11) is 0. The average Bonchev–Trinajstić information content (AvgIpc) is 2.79. The van der Waals surface area contributed by atoms with Gasteiger partial charge in [-0.15, -0.1) is 0 Å². The van der Waals surface area contributed by atoms with Gasteiger partial charge in [0.25, 0.3) is 5.91 Å². The van der Waals surface area contributed by atoms with E-state index in [0.29, 0.717) is 5.56 Å². The van der Waals surface area contributed by atoms with Crippen LogP contribution in [0.3, 0.4) is 0 Å². The standard InChI is InChI=1S/C17H12FIN2O2/c18-14-4-2-1-3-12(14)10-21-16(22)15(20-17(21)23)9-11-5-7-13(19)8-6-11/h1-9H,10H2,(H,20,23)/b15-9+. The van der Waals surface area contributed by atoms with Gasteiger partial charge in [0.15, 0.2) is 0 Å². The number of hydrogen-bond donors (Lipinski definition) is 1. The van der Waals surface area contributed by atoms with E-state index in [2.05, 4.69) is 27.9 Å². The maximum atomic E-state index is 13.7. The van der Waals surface area contributed by atoms with Gasteiger partial charge < -0.3 is 5.32 Å². The van der Waals surface area contributed by atoms with Crippen molar-refractivity contribution in [2.24, 2.45) is 0 Å². The minimum atomic E-state index is -0.546. The van der Waals surface area contributed by atoms with Crippen LogP contribution in [0.2, 0.25) is 0 Å².